The van der Waals surface area contributed by atoms with Crippen LogP contribution in [0.25, 0.3) is 0 Å². The number of carbonyl (C=O) groups is 1. The largest absolute Gasteiger partial charge is 0.466 e. The molecule has 0 bridgehead atoms. The molecule has 2 aromatic rings. The van der Waals surface area contributed by atoms with Crippen LogP contribution in [0.15, 0.2) is 42.5 Å². The first-order valence-electron chi connectivity index (χ1n) is 7.40. The van der Waals surface area contributed by atoms with Gasteiger partial charge < -0.3 is 10.5 Å². The molecule has 0 aliphatic carbocycles. The molecule has 0 aromatic heterocycles. The molecule has 0 fully saturated rings. The van der Waals surface area contributed by atoms with E-state index in [1.165, 1.54) is 0 Å². The summed E-state index contributed by atoms with van der Waals surface area (Å²) in [5, 5.41) is 0.608. The Labute approximate surface area is 141 Å². The number of rotatable bonds is 4. The predicted molar refractivity (Wildman–Crippen MR) is 93.2 cm³/mol. The van der Waals surface area contributed by atoms with E-state index in [1.54, 1.807) is 19.1 Å². The third-order valence-electron chi connectivity index (χ3n) is 3.25. The van der Waals surface area contributed by atoms with Crippen molar-refractivity contribution >= 4 is 23.3 Å². The molecular formula is C19H18ClNO2. The minimum atomic E-state index is -0.201. The fourth-order valence-electron chi connectivity index (χ4n) is 2.04. The molecule has 118 valence electrons. The van der Waals surface area contributed by atoms with Gasteiger partial charge in [0.2, 0.25) is 0 Å². The molecular weight excluding hydrogens is 310 g/mol. The zero-order valence-electron chi connectivity index (χ0n) is 12.9. The summed E-state index contributed by atoms with van der Waals surface area (Å²) >= 11 is 6.09. The van der Waals surface area contributed by atoms with Gasteiger partial charge in [0.25, 0.3) is 0 Å². The number of aryl methyl sites for hydroxylation is 1. The maximum atomic E-state index is 11.4. The number of nitrogen functional groups attached to an aromatic ring is 1. The van der Waals surface area contributed by atoms with Crippen molar-refractivity contribution in [2.75, 3.05) is 12.3 Å². The summed E-state index contributed by atoms with van der Waals surface area (Å²) in [6, 6.07) is 13.0. The number of halogens is 1. The SMILES string of the molecule is CCOC(=O)CCc1ccc(N)c(C#Cc2ccccc2Cl)c1. The average Bonchev–Trinajstić information content (AvgIpc) is 2.54. The van der Waals surface area contributed by atoms with Gasteiger partial charge in [-0.25, -0.2) is 0 Å². The number of anilines is 1. The Morgan fingerprint density at radius 2 is 1.91 bits per heavy atom. The van der Waals surface area contributed by atoms with E-state index in [-0.39, 0.29) is 5.97 Å². The van der Waals surface area contributed by atoms with Crippen LogP contribution in [-0.2, 0) is 16.0 Å². The third-order valence-corrected chi connectivity index (χ3v) is 3.58. The van der Waals surface area contributed by atoms with Crippen LogP contribution in [0.2, 0.25) is 5.02 Å². The first kappa shape index (κ1) is 16.9. The highest BCUT2D eigenvalue weighted by Gasteiger charge is 2.04. The molecule has 0 amide bonds. The Morgan fingerprint density at radius 3 is 2.65 bits per heavy atom. The van der Waals surface area contributed by atoms with Crippen molar-refractivity contribution in [3.05, 3.63) is 64.2 Å². The minimum absolute atomic E-state index is 0.201. The highest BCUT2D eigenvalue weighted by Crippen LogP contribution is 2.17. The molecule has 0 radical (unpaired) electrons. The maximum Gasteiger partial charge on any atom is 0.306 e. The third kappa shape index (κ3) is 5.05. The molecule has 0 saturated heterocycles. The second-order valence-electron chi connectivity index (χ2n) is 4.96. The number of carbonyl (C=O) groups excluding carboxylic acids is 1. The summed E-state index contributed by atoms with van der Waals surface area (Å²) in [7, 11) is 0. The van der Waals surface area contributed by atoms with E-state index in [1.807, 2.05) is 30.3 Å². The molecule has 2 rings (SSSR count). The number of benzene rings is 2. The van der Waals surface area contributed by atoms with Crippen LogP contribution in [0.5, 0.6) is 0 Å². The van der Waals surface area contributed by atoms with Crippen LogP contribution in [0, 0.1) is 11.8 Å². The molecule has 0 heterocycles. The lowest BCUT2D eigenvalue weighted by Crippen LogP contribution is -2.05. The topological polar surface area (TPSA) is 52.3 Å². The normalized spacial score (nSPS) is 9.83. The van der Waals surface area contributed by atoms with Crippen LogP contribution in [0.1, 0.15) is 30.0 Å². The quantitative estimate of drug-likeness (QED) is 0.527. The molecule has 0 aliphatic heterocycles. The van der Waals surface area contributed by atoms with Crippen molar-refractivity contribution in [1.29, 1.82) is 0 Å². The standard InChI is InChI=1S/C19H18ClNO2/c1-2-23-19(22)12-8-14-7-11-18(21)16(13-14)10-9-15-5-3-4-6-17(15)20/h3-7,11,13H,2,8,12,21H2,1H3. The van der Waals surface area contributed by atoms with Gasteiger partial charge in [-0.1, -0.05) is 41.6 Å². The smallest absolute Gasteiger partial charge is 0.306 e. The van der Waals surface area contributed by atoms with Crippen molar-refractivity contribution in [2.45, 2.75) is 19.8 Å². The van der Waals surface area contributed by atoms with Gasteiger partial charge in [0, 0.05) is 23.2 Å². The van der Waals surface area contributed by atoms with Gasteiger partial charge >= 0.3 is 5.97 Å². The van der Waals surface area contributed by atoms with Crippen molar-refractivity contribution in [3.63, 3.8) is 0 Å². The number of nitrogens with two attached hydrogens (primary N) is 1. The van der Waals surface area contributed by atoms with E-state index < -0.39 is 0 Å². The summed E-state index contributed by atoms with van der Waals surface area (Å²) in [4.78, 5) is 11.4. The lowest BCUT2D eigenvalue weighted by molar-refractivity contribution is -0.143. The Morgan fingerprint density at radius 1 is 1.17 bits per heavy atom. The van der Waals surface area contributed by atoms with E-state index in [0.717, 1.165) is 16.7 Å². The van der Waals surface area contributed by atoms with E-state index in [9.17, 15) is 4.79 Å². The van der Waals surface area contributed by atoms with Crippen LogP contribution in [0.4, 0.5) is 5.69 Å². The van der Waals surface area contributed by atoms with E-state index >= 15 is 0 Å². The summed E-state index contributed by atoms with van der Waals surface area (Å²) < 4.78 is 4.93. The van der Waals surface area contributed by atoms with Gasteiger partial charge in [-0.15, -0.1) is 0 Å². The van der Waals surface area contributed by atoms with Crippen molar-refractivity contribution in [1.82, 2.24) is 0 Å². The lowest BCUT2D eigenvalue weighted by atomic mass is 10.0. The fraction of sp³-hybridized carbons (Fsp3) is 0.211. The summed E-state index contributed by atoms with van der Waals surface area (Å²) in [6.07, 6.45) is 0.940. The fourth-order valence-corrected chi connectivity index (χ4v) is 2.23. The summed E-state index contributed by atoms with van der Waals surface area (Å²) in [6.45, 7) is 2.19. The Kier molecular flexibility index (Phi) is 6.08. The van der Waals surface area contributed by atoms with Gasteiger partial charge in [0.05, 0.1) is 11.6 Å². The molecule has 0 aliphatic rings. The average molecular weight is 328 g/mol. The van der Waals surface area contributed by atoms with Gasteiger partial charge in [0.15, 0.2) is 0 Å². The van der Waals surface area contributed by atoms with Crippen LogP contribution in [0.3, 0.4) is 0 Å². The molecule has 0 saturated carbocycles. The molecule has 0 spiro atoms. The van der Waals surface area contributed by atoms with Crippen molar-refractivity contribution < 1.29 is 9.53 Å². The first-order chi connectivity index (χ1) is 11.1. The Balaban J connectivity index is 2.15. The summed E-state index contributed by atoms with van der Waals surface area (Å²) in [5.74, 6) is 5.88. The van der Waals surface area contributed by atoms with E-state index in [2.05, 4.69) is 11.8 Å². The van der Waals surface area contributed by atoms with E-state index in [4.69, 9.17) is 22.1 Å². The number of hydrogen-bond donors (Lipinski definition) is 1. The van der Waals surface area contributed by atoms with Crippen molar-refractivity contribution in [3.8, 4) is 11.8 Å². The Bertz CT molecular complexity index is 759. The predicted octanol–water partition coefficient (Wildman–Crippen LogP) is 3.82. The molecule has 4 heteroatoms. The first-order valence-corrected chi connectivity index (χ1v) is 7.78. The highest BCUT2D eigenvalue weighted by molar-refractivity contribution is 6.31. The zero-order chi connectivity index (χ0) is 16.7. The second-order valence-corrected chi connectivity index (χ2v) is 5.36. The number of ether oxygens (including phenoxy) is 1. The van der Waals surface area contributed by atoms with Crippen LogP contribution < -0.4 is 5.73 Å². The van der Waals surface area contributed by atoms with Crippen LogP contribution >= 0.6 is 11.6 Å². The van der Waals surface area contributed by atoms with Gasteiger partial charge in [-0.3, -0.25) is 4.79 Å². The molecule has 2 aromatic carbocycles. The van der Waals surface area contributed by atoms with Gasteiger partial charge in [0.1, 0.15) is 0 Å². The van der Waals surface area contributed by atoms with Gasteiger partial charge in [-0.05, 0) is 43.2 Å². The molecule has 0 atom stereocenters. The van der Waals surface area contributed by atoms with E-state index in [0.29, 0.717) is 30.2 Å². The molecule has 0 unspecified atom stereocenters. The van der Waals surface area contributed by atoms with Gasteiger partial charge in [-0.2, -0.15) is 0 Å². The number of hydrogen-bond acceptors (Lipinski definition) is 3. The minimum Gasteiger partial charge on any atom is -0.466 e. The molecule has 2 N–H and O–H groups in total. The Hall–Kier alpha value is -2.44. The summed E-state index contributed by atoms with van der Waals surface area (Å²) in [5.41, 5.74) is 9.05. The van der Waals surface area contributed by atoms with Crippen molar-refractivity contribution in [2.24, 2.45) is 0 Å². The number of esters is 1. The van der Waals surface area contributed by atoms with Crippen LogP contribution in [-0.4, -0.2) is 12.6 Å². The maximum absolute atomic E-state index is 11.4. The highest BCUT2D eigenvalue weighted by atomic mass is 35.5. The molecule has 3 nitrogen and oxygen atoms in total. The second kappa shape index (κ2) is 8.26. The lowest BCUT2D eigenvalue weighted by Gasteiger charge is -2.05. The zero-order valence-corrected chi connectivity index (χ0v) is 13.7. The monoisotopic (exact) mass is 327 g/mol. The molecule has 23 heavy (non-hydrogen) atoms.